The summed E-state index contributed by atoms with van der Waals surface area (Å²) in [5.41, 5.74) is 1.48. The Hall–Kier alpha value is -3.77. The maximum atomic E-state index is 14.0. The van der Waals surface area contributed by atoms with E-state index in [4.69, 9.17) is 27.9 Å². The third-order valence-electron chi connectivity index (χ3n) is 7.13. The van der Waals surface area contributed by atoms with Crippen molar-refractivity contribution in [3.8, 4) is 11.5 Å². The van der Waals surface area contributed by atoms with Crippen molar-refractivity contribution >= 4 is 75.4 Å². The number of halogens is 2. The molecule has 0 aliphatic carbocycles. The van der Waals surface area contributed by atoms with Crippen molar-refractivity contribution in [1.29, 1.82) is 0 Å². The zero-order valence-corrected chi connectivity index (χ0v) is 24.9. The van der Waals surface area contributed by atoms with Crippen LogP contribution in [0.15, 0.2) is 76.6 Å². The van der Waals surface area contributed by atoms with Gasteiger partial charge in [0.2, 0.25) is 17.7 Å². The van der Waals surface area contributed by atoms with Gasteiger partial charge in [0.05, 0.1) is 23.7 Å². The third kappa shape index (κ3) is 4.96. The Morgan fingerprint density at radius 3 is 2.31 bits per heavy atom. The normalized spacial score (nSPS) is 19.4. The largest absolute Gasteiger partial charge is 0.504 e. The molecule has 6 rings (SSSR count). The molecule has 2 unspecified atom stereocenters. The minimum absolute atomic E-state index is 0.0931. The summed E-state index contributed by atoms with van der Waals surface area (Å²) in [5, 5.41) is 13.5. The van der Waals surface area contributed by atoms with Crippen LogP contribution in [-0.4, -0.2) is 39.8 Å². The summed E-state index contributed by atoms with van der Waals surface area (Å²) in [6.45, 7) is -0.299. The van der Waals surface area contributed by atoms with Crippen molar-refractivity contribution in [1.82, 2.24) is 4.57 Å². The van der Waals surface area contributed by atoms with E-state index in [-0.39, 0.29) is 18.0 Å². The number of nitrogens with zero attached hydrogens (tertiary/aromatic N) is 2. The first kappa shape index (κ1) is 28.4. The Labute approximate surface area is 257 Å². The van der Waals surface area contributed by atoms with Gasteiger partial charge in [0, 0.05) is 26.5 Å². The molecule has 4 aromatic rings. The minimum atomic E-state index is -0.870. The van der Waals surface area contributed by atoms with Gasteiger partial charge in [-0.1, -0.05) is 52.4 Å². The van der Waals surface area contributed by atoms with Gasteiger partial charge in [0.15, 0.2) is 11.5 Å². The molecular formula is C29H21Cl2N3O6S2. The molecule has 0 radical (unpaired) electrons. The van der Waals surface area contributed by atoms with Gasteiger partial charge in [0.1, 0.15) is 11.8 Å². The van der Waals surface area contributed by atoms with Crippen LogP contribution in [0.2, 0.25) is 10.0 Å². The van der Waals surface area contributed by atoms with Gasteiger partial charge in [-0.3, -0.25) is 23.7 Å². The number of fused-ring (bicyclic) bond motifs is 2. The van der Waals surface area contributed by atoms with Gasteiger partial charge in [-0.2, -0.15) is 0 Å². The number of phenolic OH excluding ortho intramolecular Hbond substituents is 1. The van der Waals surface area contributed by atoms with E-state index in [1.165, 1.54) is 17.7 Å². The molecule has 0 spiro atoms. The molecular weight excluding hydrogens is 621 g/mol. The maximum absolute atomic E-state index is 14.0. The van der Waals surface area contributed by atoms with Crippen LogP contribution in [0.1, 0.15) is 16.4 Å². The molecule has 1 aromatic heterocycles. The maximum Gasteiger partial charge on any atom is 0.308 e. The van der Waals surface area contributed by atoms with Gasteiger partial charge in [0.25, 0.3) is 0 Å². The Morgan fingerprint density at radius 1 is 0.976 bits per heavy atom. The number of aromatic nitrogens is 1. The SMILES string of the molecule is COc1cc([C@@H]2c3sc(=O)n(CC(=O)Nc4ccc(Cl)cc4)c3SC3C(=O)N(c4ccc(Cl)cc4)C(=O)C32)ccc1O. The molecule has 3 amide bonds. The summed E-state index contributed by atoms with van der Waals surface area (Å²) in [7, 11) is 1.41. The number of methoxy groups -OCH3 is 1. The number of benzene rings is 3. The van der Waals surface area contributed by atoms with Crippen molar-refractivity contribution in [2.75, 3.05) is 17.3 Å². The average Bonchev–Trinajstić information content (AvgIpc) is 3.41. The quantitative estimate of drug-likeness (QED) is 0.272. The molecule has 1 fully saturated rings. The number of thioether (sulfide) groups is 1. The molecule has 2 N–H and O–H groups in total. The molecule has 3 atom stereocenters. The van der Waals surface area contributed by atoms with Crippen molar-refractivity contribution in [2.24, 2.45) is 5.92 Å². The van der Waals surface area contributed by atoms with Crippen molar-refractivity contribution in [3.05, 3.63) is 96.9 Å². The van der Waals surface area contributed by atoms with Gasteiger partial charge in [-0.15, -0.1) is 0 Å². The van der Waals surface area contributed by atoms with Crippen LogP contribution < -0.4 is 19.8 Å². The fourth-order valence-corrected chi connectivity index (χ4v) is 8.25. The van der Waals surface area contributed by atoms with Crippen LogP contribution in [0.5, 0.6) is 11.5 Å². The van der Waals surface area contributed by atoms with Gasteiger partial charge in [-0.05, 0) is 66.2 Å². The second kappa shape index (κ2) is 11.1. The van der Waals surface area contributed by atoms with Crippen LogP contribution in [0.3, 0.4) is 0 Å². The number of thiazole rings is 1. The lowest BCUT2D eigenvalue weighted by Crippen LogP contribution is -2.33. The highest BCUT2D eigenvalue weighted by Crippen LogP contribution is 2.54. The number of carbonyl (C=O) groups excluding carboxylic acids is 3. The predicted molar refractivity (Wildman–Crippen MR) is 162 cm³/mol. The molecule has 0 saturated carbocycles. The Kier molecular flexibility index (Phi) is 7.52. The number of nitrogens with one attached hydrogen (secondary N) is 1. The Morgan fingerprint density at radius 2 is 1.64 bits per heavy atom. The lowest BCUT2D eigenvalue weighted by atomic mass is 9.83. The number of anilines is 2. The van der Waals surface area contributed by atoms with E-state index in [9.17, 15) is 24.3 Å². The molecule has 0 bridgehead atoms. The second-order valence-corrected chi connectivity index (χ2v) is 12.6. The van der Waals surface area contributed by atoms with Crippen LogP contribution in [0.25, 0.3) is 0 Å². The first-order valence-corrected chi connectivity index (χ1v) is 15.1. The summed E-state index contributed by atoms with van der Waals surface area (Å²) >= 11 is 14.0. The number of amides is 3. The lowest BCUT2D eigenvalue weighted by molar-refractivity contribution is -0.122. The van der Waals surface area contributed by atoms with Crippen LogP contribution in [-0.2, 0) is 20.9 Å². The number of aromatic hydroxyl groups is 1. The number of rotatable bonds is 6. The number of phenols is 1. The van der Waals surface area contributed by atoms with Gasteiger partial charge in [-0.25, -0.2) is 4.90 Å². The zero-order chi connectivity index (χ0) is 29.7. The van der Waals surface area contributed by atoms with E-state index >= 15 is 0 Å². The number of imide groups is 1. The number of hydrogen-bond donors (Lipinski definition) is 2. The summed E-state index contributed by atoms with van der Waals surface area (Å²) in [4.78, 5) is 55.4. The van der Waals surface area contributed by atoms with Crippen LogP contribution in [0, 0.1) is 5.92 Å². The summed E-state index contributed by atoms with van der Waals surface area (Å²) in [6, 6.07) is 17.7. The summed E-state index contributed by atoms with van der Waals surface area (Å²) in [5.74, 6) is -2.78. The average molecular weight is 643 g/mol. The first-order chi connectivity index (χ1) is 20.2. The fraction of sp³-hybridized carbons (Fsp3) is 0.172. The number of hydrogen-bond acceptors (Lipinski definition) is 8. The van der Waals surface area contributed by atoms with Crippen molar-refractivity contribution in [2.45, 2.75) is 22.7 Å². The second-order valence-electron chi connectivity index (χ2n) is 9.64. The molecule has 2 aliphatic heterocycles. The van der Waals surface area contributed by atoms with Crippen molar-refractivity contribution < 1.29 is 24.2 Å². The monoisotopic (exact) mass is 641 g/mol. The first-order valence-electron chi connectivity index (χ1n) is 12.6. The highest BCUT2D eigenvalue weighted by atomic mass is 35.5. The minimum Gasteiger partial charge on any atom is -0.504 e. The molecule has 3 aromatic carbocycles. The van der Waals surface area contributed by atoms with E-state index in [1.807, 2.05) is 0 Å². The lowest BCUT2D eigenvalue weighted by Gasteiger charge is -2.31. The zero-order valence-electron chi connectivity index (χ0n) is 21.7. The van der Waals surface area contributed by atoms with E-state index in [0.717, 1.165) is 28.0 Å². The van der Waals surface area contributed by atoms with E-state index in [2.05, 4.69) is 5.32 Å². The molecule has 3 heterocycles. The standard InChI is InChI=1S/C29H21Cl2N3O6S2/c1-40-20-12-14(2-11-19(20)35)22-23-24(27(38)34(26(23)37)18-9-5-16(31)6-10-18)41-28-25(22)42-29(39)33(28)13-21(36)32-17-7-3-15(30)4-8-17/h2-12,22-24,35H,13H2,1H3,(H,32,36)/t22-,23?,24?/m0/s1. The van der Waals surface area contributed by atoms with Crippen LogP contribution in [0.4, 0.5) is 11.4 Å². The van der Waals surface area contributed by atoms with Gasteiger partial charge < -0.3 is 15.2 Å². The topological polar surface area (TPSA) is 118 Å². The molecule has 2 aliphatic rings. The van der Waals surface area contributed by atoms with Crippen LogP contribution >= 0.6 is 46.3 Å². The molecule has 9 nitrogen and oxygen atoms in total. The smallest absolute Gasteiger partial charge is 0.308 e. The number of carbonyl (C=O) groups is 3. The summed E-state index contributed by atoms with van der Waals surface area (Å²) in [6.07, 6.45) is 0. The predicted octanol–water partition coefficient (Wildman–Crippen LogP) is 5.37. The van der Waals surface area contributed by atoms with E-state index < -0.39 is 39.7 Å². The molecule has 1 saturated heterocycles. The summed E-state index contributed by atoms with van der Waals surface area (Å²) < 4.78 is 6.65. The Bertz CT molecular complexity index is 1790. The van der Waals surface area contributed by atoms with Gasteiger partial charge >= 0.3 is 4.87 Å². The molecule has 42 heavy (non-hydrogen) atoms. The van der Waals surface area contributed by atoms with Crippen molar-refractivity contribution in [3.63, 3.8) is 0 Å². The highest BCUT2D eigenvalue weighted by Gasteiger charge is 2.57. The number of ether oxygens (including phenoxy) is 1. The van der Waals surface area contributed by atoms with E-state index in [0.29, 0.717) is 36.9 Å². The Balaban J connectivity index is 1.43. The fourth-order valence-electron chi connectivity index (χ4n) is 5.22. The highest BCUT2D eigenvalue weighted by molar-refractivity contribution is 8.00. The van der Waals surface area contributed by atoms with E-state index in [1.54, 1.807) is 60.7 Å². The third-order valence-corrected chi connectivity index (χ3v) is 10.2. The molecule has 214 valence electrons. The molecule has 13 heteroatoms.